The normalized spacial score (nSPS) is 11.0. The largest absolute Gasteiger partial charge is 0.497 e. The van der Waals surface area contributed by atoms with Crippen LogP contribution in [0.25, 0.3) is 34.2 Å². The first-order chi connectivity index (χ1) is 15.0. The van der Waals surface area contributed by atoms with E-state index in [1.807, 2.05) is 66.7 Å². The van der Waals surface area contributed by atoms with Gasteiger partial charge in [0.05, 0.1) is 12.7 Å². The lowest BCUT2D eigenvalue weighted by Crippen LogP contribution is -2.06. The van der Waals surface area contributed by atoms with E-state index in [1.54, 1.807) is 25.3 Å². The molecule has 0 atom stereocenters. The average molecular weight is 412 g/mol. The minimum absolute atomic E-state index is 0.367. The Kier molecular flexibility index (Phi) is 5.67. The van der Waals surface area contributed by atoms with Crippen LogP contribution in [0.2, 0.25) is 0 Å². The van der Waals surface area contributed by atoms with Crippen molar-refractivity contribution in [1.29, 1.82) is 0 Å². The Labute approximate surface area is 179 Å². The zero-order valence-corrected chi connectivity index (χ0v) is 17.1. The molecule has 0 spiro atoms. The fourth-order valence-corrected chi connectivity index (χ4v) is 3.38. The van der Waals surface area contributed by atoms with Crippen LogP contribution in [-0.4, -0.2) is 13.1 Å². The van der Waals surface area contributed by atoms with E-state index in [1.165, 1.54) is 6.92 Å². The predicted octanol–water partition coefficient (Wildman–Crippen LogP) is 5.56. The number of benzene rings is 3. The standard InChI is InChI=1S/C26H20O5/c1-17(27)30-20-11-8-18(9-12-20)10-14-23-22-15-13-21(29-2)16-24(22)31-26(28)25(23)19-6-4-3-5-7-19/h3-16H,1-2H3/b14-10+. The third kappa shape index (κ3) is 4.41. The summed E-state index contributed by atoms with van der Waals surface area (Å²) < 4.78 is 16.0. The van der Waals surface area contributed by atoms with Crippen LogP contribution in [0.15, 0.2) is 82.0 Å². The van der Waals surface area contributed by atoms with Gasteiger partial charge in [-0.25, -0.2) is 4.79 Å². The van der Waals surface area contributed by atoms with E-state index in [2.05, 4.69) is 0 Å². The van der Waals surface area contributed by atoms with Gasteiger partial charge in [0.1, 0.15) is 17.1 Å². The first kappa shape index (κ1) is 20.2. The Bertz CT molecular complexity index is 1320. The van der Waals surface area contributed by atoms with Crippen molar-refractivity contribution < 1.29 is 18.7 Å². The van der Waals surface area contributed by atoms with E-state index in [4.69, 9.17) is 13.9 Å². The molecule has 4 rings (SSSR count). The van der Waals surface area contributed by atoms with Crippen LogP contribution in [0.4, 0.5) is 0 Å². The SMILES string of the molecule is COc1ccc2c(/C=C/c3ccc(OC(C)=O)cc3)c(-c3ccccc3)c(=O)oc2c1. The molecule has 0 amide bonds. The van der Waals surface area contributed by atoms with Gasteiger partial charge < -0.3 is 13.9 Å². The highest BCUT2D eigenvalue weighted by molar-refractivity contribution is 5.96. The van der Waals surface area contributed by atoms with Crippen molar-refractivity contribution in [2.24, 2.45) is 0 Å². The second-order valence-corrected chi connectivity index (χ2v) is 6.90. The van der Waals surface area contributed by atoms with Crippen LogP contribution in [0.3, 0.4) is 0 Å². The summed E-state index contributed by atoms with van der Waals surface area (Å²) in [5.74, 6) is 0.723. The van der Waals surface area contributed by atoms with Gasteiger partial charge in [0.2, 0.25) is 0 Å². The fraction of sp³-hybridized carbons (Fsp3) is 0.0769. The zero-order chi connectivity index (χ0) is 21.8. The van der Waals surface area contributed by atoms with Crippen molar-refractivity contribution in [1.82, 2.24) is 0 Å². The summed E-state index contributed by atoms with van der Waals surface area (Å²) in [4.78, 5) is 24.0. The highest BCUT2D eigenvalue weighted by atomic mass is 16.5. The molecule has 154 valence electrons. The summed E-state index contributed by atoms with van der Waals surface area (Å²) in [6, 6.07) is 22.0. The second kappa shape index (κ2) is 8.71. The lowest BCUT2D eigenvalue weighted by Gasteiger charge is -2.10. The molecule has 5 heteroatoms. The van der Waals surface area contributed by atoms with E-state index < -0.39 is 5.63 Å². The number of hydrogen-bond acceptors (Lipinski definition) is 5. The Morgan fingerprint density at radius 3 is 2.29 bits per heavy atom. The van der Waals surface area contributed by atoms with Gasteiger partial charge in [0, 0.05) is 23.9 Å². The summed E-state index contributed by atoms with van der Waals surface area (Å²) in [7, 11) is 1.57. The highest BCUT2D eigenvalue weighted by Crippen LogP contribution is 2.31. The second-order valence-electron chi connectivity index (χ2n) is 6.90. The first-order valence-corrected chi connectivity index (χ1v) is 9.72. The van der Waals surface area contributed by atoms with Crippen LogP contribution >= 0.6 is 0 Å². The molecule has 0 saturated carbocycles. The third-order valence-electron chi connectivity index (χ3n) is 4.80. The minimum atomic E-state index is -0.420. The molecular weight excluding hydrogens is 392 g/mol. The van der Waals surface area contributed by atoms with E-state index in [0.717, 1.165) is 22.1 Å². The Balaban J connectivity index is 1.85. The van der Waals surface area contributed by atoms with Crippen molar-refractivity contribution in [3.8, 4) is 22.6 Å². The van der Waals surface area contributed by atoms with Crippen LogP contribution in [0, 0.1) is 0 Å². The molecule has 0 aliphatic carbocycles. The summed E-state index contributed by atoms with van der Waals surface area (Å²) >= 11 is 0. The van der Waals surface area contributed by atoms with Crippen molar-refractivity contribution in [3.05, 3.63) is 94.3 Å². The maximum absolute atomic E-state index is 12.9. The summed E-state index contributed by atoms with van der Waals surface area (Å²) in [6.07, 6.45) is 3.80. The number of rotatable bonds is 5. The maximum Gasteiger partial charge on any atom is 0.344 e. The molecule has 0 saturated heterocycles. The van der Waals surface area contributed by atoms with Gasteiger partial charge in [0.25, 0.3) is 0 Å². The number of hydrogen-bond donors (Lipinski definition) is 0. The predicted molar refractivity (Wildman–Crippen MR) is 121 cm³/mol. The fourth-order valence-electron chi connectivity index (χ4n) is 3.38. The van der Waals surface area contributed by atoms with Crippen molar-refractivity contribution in [3.63, 3.8) is 0 Å². The molecule has 0 N–H and O–H groups in total. The number of ether oxygens (including phenoxy) is 2. The number of carbonyl (C=O) groups excluding carboxylic acids is 1. The molecule has 5 nitrogen and oxygen atoms in total. The highest BCUT2D eigenvalue weighted by Gasteiger charge is 2.15. The topological polar surface area (TPSA) is 65.7 Å². The van der Waals surface area contributed by atoms with Crippen LogP contribution in [0.1, 0.15) is 18.1 Å². The number of carbonyl (C=O) groups is 1. The van der Waals surface area contributed by atoms with Gasteiger partial charge >= 0.3 is 11.6 Å². The molecule has 1 heterocycles. The van der Waals surface area contributed by atoms with Gasteiger partial charge in [-0.15, -0.1) is 0 Å². The number of esters is 1. The average Bonchev–Trinajstić information content (AvgIpc) is 2.78. The van der Waals surface area contributed by atoms with Crippen LogP contribution < -0.4 is 15.1 Å². The van der Waals surface area contributed by atoms with Gasteiger partial charge in [-0.3, -0.25) is 4.79 Å². The maximum atomic E-state index is 12.9. The number of fused-ring (bicyclic) bond motifs is 1. The van der Waals surface area contributed by atoms with Crippen molar-refractivity contribution >= 4 is 29.1 Å². The Morgan fingerprint density at radius 1 is 0.903 bits per heavy atom. The van der Waals surface area contributed by atoms with E-state index in [-0.39, 0.29) is 5.97 Å². The van der Waals surface area contributed by atoms with E-state index in [9.17, 15) is 9.59 Å². The van der Waals surface area contributed by atoms with Gasteiger partial charge in [-0.05, 0) is 35.4 Å². The summed E-state index contributed by atoms with van der Waals surface area (Å²) in [6.45, 7) is 1.36. The smallest absolute Gasteiger partial charge is 0.344 e. The molecule has 3 aromatic carbocycles. The summed E-state index contributed by atoms with van der Waals surface area (Å²) in [5, 5.41) is 0.798. The molecule has 0 aliphatic rings. The molecular formula is C26H20O5. The lowest BCUT2D eigenvalue weighted by molar-refractivity contribution is -0.131. The van der Waals surface area contributed by atoms with Gasteiger partial charge in [-0.1, -0.05) is 54.6 Å². The molecule has 0 fully saturated rings. The molecule has 0 unspecified atom stereocenters. The first-order valence-electron chi connectivity index (χ1n) is 9.72. The monoisotopic (exact) mass is 412 g/mol. The Hall–Kier alpha value is -4.12. The molecule has 0 aliphatic heterocycles. The van der Waals surface area contributed by atoms with Gasteiger partial charge in [0.15, 0.2) is 0 Å². The lowest BCUT2D eigenvalue weighted by atomic mass is 9.97. The molecule has 4 aromatic rings. The van der Waals surface area contributed by atoms with Crippen molar-refractivity contribution in [2.45, 2.75) is 6.92 Å². The zero-order valence-electron chi connectivity index (χ0n) is 17.1. The molecule has 1 aromatic heterocycles. The Morgan fingerprint density at radius 2 is 1.61 bits per heavy atom. The molecule has 31 heavy (non-hydrogen) atoms. The van der Waals surface area contributed by atoms with Crippen LogP contribution in [0.5, 0.6) is 11.5 Å². The quantitative estimate of drug-likeness (QED) is 0.244. The minimum Gasteiger partial charge on any atom is -0.497 e. The number of methoxy groups -OCH3 is 1. The van der Waals surface area contributed by atoms with E-state index in [0.29, 0.717) is 22.6 Å². The molecule has 0 radical (unpaired) electrons. The molecule has 0 bridgehead atoms. The van der Waals surface area contributed by atoms with E-state index >= 15 is 0 Å². The summed E-state index contributed by atoms with van der Waals surface area (Å²) in [5.41, 5.74) is 2.95. The third-order valence-corrected chi connectivity index (χ3v) is 4.80. The van der Waals surface area contributed by atoms with Crippen molar-refractivity contribution in [2.75, 3.05) is 7.11 Å². The van der Waals surface area contributed by atoms with Crippen LogP contribution in [-0.2, 0) is 4.79 Å². The van der Waals surface area contributed by atoms with Gasteiger partial charge in [-0.2, -0.15) is 0 Å².